The Kier molecular flexibility index (Phi) is 5.70. The predicted octanol–water partition coefficient (Wildman–Crippen LogP) is 4.00. The molecule has 4 rings (SSSR count). The summed E-state index contributed by atoms with van der Waals surface area (Å²) in [5.74, 6) is 0.839. The summed E-state index contributed by atoms with van der Waals surface area (Å²) in [6.07, 6.45) is 1.97. The van der Waals surface area contributed by atoms with Gasteiger partial charge in [0.25, 0.3) is 0 Å². The molecule has 0 saturated carbocycles. The Bertz CT molecular complexity index is 1250. The van der Waals surface area contributed by atoms with Crippen molar-refractivity contribution >= 4 is 33.2 Å². The Morgan fingerprint density at radius 2 is 1.90 bits per heavy atom. The molecule has 2 heterocycles. The summed E-state index contributed by atoms with van der Waals surface area (Å²) in [4.78, 5) is 18.5. The van der Waals surface area contributed by atoms with Gasteiger partial charge in [-0.15, -0.1) is 0 Å². The van der Waals surface area contributed by atoms with Crippen LogP contribution in [0, 0.1) is 6.92 Å². The van der Waals surface area contributed by atoms with Crippen LogP contribution in [0.25, 0.3) is 0 Å². The lowest BCUT2D eigenvalue weighted by Gasteiger charge is -2.18. The Morgan fingerprint density at radius 3 is 2.58 bits per heavy atom. The van der Waals surface area contributed by atoms with Crippen LogP contribution in [0.1, 0.15) is 23.5 Å². The van der Waals surface area contributed by atoms with Crippen molar-refractivity contribution < 1.29 is 17.9 Å². The summed E-state index contributed by atoms with van der Waals surface area (Å²) < 4.78 is 28.8. The molecule has 0 bridgehead atoms. The van der Waals surface area contributed by atoms with Crippen LogP contribution in [0.5, 0.6) is 11.6 Å². The Balaban J connectivity index is 1.56. The molecule has 1 aromatic heterocycles. The van der Waals surface area contributed by atoms with Gasteiger partial charge < -0.3 is 9.64 Å². The van der Waals surface area contributed by atoms with Gasteiger partial charge >= 0.3 is 0 Å². The van der Waals surface area contributed by atoms with Crippen molar-refractivity contribution in [2.24, 2.45) is 5.14 Å². The average molecular weight is 458 g/mol. The first-order chi connectivity index (χ1) is 14.7. The lowest BCUT2D eigenvalue weighted by atomic mass is 9.98. The normalized spacial score (nSPS) is 16.5. The molecule has 1 atom stereocenters. The highest BCUT2D eigenvalue weighted by Crippen LogP contribution is 2.37. The summed E-state index contributed by atoms with van der Waals surface area (Å²) >= 11 is 6.32. The van der Waals surface area contributed by atoms with E-state index < -0.39 is 10.0 Å². The van der Waals surface area contributed by atoms with Crippen LogP contribution in [0.3, 0.4) is 0 Å². The summed E-state index contributed by atoms with van der Waals surface area (Å²) in [6.45, 7) is 2.35. The van der Waals surface area contributed by atoms with E-state index in [9.17, 15) is 13.2 Å². The molecule has 1 aliphatic heterocycles. The van der Waals surface area contributed by atoms with E-state index >= 15 is 0 Å². The van der Waals surface area contributed by atoms with Crippen molar-refractivity contribution in [3.63, 3.8) is 0 Å². The number of primary sulfonamides is 1. The monoisotopic (exact) mass is 457 g/mol. The molecule has 160 valence electrons. The number of aromatic nitrogens is 1. The molecule has 1 saturated heterocycles. The zero-order valence-corrected chi connectivity index (χ0v) is 18.2. The van der Waals surface area contributed by atoms with Crippen LogP contribution in [0.4, 0.5) is 5.69 Å². The third-order valence-electron chi connectivity index (χ3n) is 5.20. The molecule has 1 aliphatic rings. The second kappa shape index (κ2) is 8.30. The first kappa shape index (κ1) is 21.3. The number of ether oxygens (including phenoxy) is 1. The van der Waals surface area contributed by atoms with Gasteiger partial charge in [0.1, 0.15) is 5.75 Å². The number of rotatable bonds is 5. The summed E-state index contributed by atoms with van der Waals surface area (Å²) in [6, 6.07) is 15.2. The summed E-state index contributed by atoms with van der Waals surface area (Å²) in [7, 11) is -3.78. The number of amides is 1. The predicted molar refractivity (Wildman–Crippen MR) is 118 cm³/mol. The van der Waals surface area contributed by atoms with Crippen molar-refractivity contribution in [1.29, 1.82) is 0 Å². The SMILES string of the molecule is Cc1cccnc1Oc1cc([C@H]2CC(=O)N(c3ccc(S(N)(=O)=O)cc3)C2)ccc1Cl. The van der Waals surface area contributed by atoms with Gasteiger partial charge in [0.05, 0.1) is 9.92 Å². The molecular formula is C22H20ClN3O4S. The molecule has 2 N–H and O–H groups in total. The van der Waals surface area contributed by atoms with Crippen molar-refractivity contribution in [2.45, 2.75) is 24.2 Å². The number of carbonyl (C=O) groups excluding carboxylic acids is 1. The van der Waals surface area contributed by atoms with Gasteiger partial charge in [0.15, 0.2) is 0 Å². The zero-order chi connectivity index (χ0) is 22.2. The van der Waals surface area contributed by atoms with Crippen molar-refractivity contribution in [2.75, 3.05) is 11.4 Å². The molecule has 1 fully saturated rings. The number of nitrogens with two attached hydrogens (primary N) is 1. The van der Waals surface area contributed by atoms with Crippen LogP contribution >= 0.6 is 11.6 Å². The van der Waals surface area contributed by atoms with Crippen LogP contribution in [-0.4, -0.2) is 25.9 Å². The van der Waals surface area contributed by atoms with Crippen molar-refractivity contribution in [3.05, 3.63) is 76.9 Å². The summed E-state index contributed by atoms with van der Waals surface area (Å²) in [5, 5.41) is 5.59. The Hall–Kier alpha value is -2.94. The first-order valence-electron chi connectivity index (χ1n) is 9.54. The molecule has 0 aliphatic carbocycles. The first-order valence-corrected chi connectivity index (χ1v) is 11.5. The number of hydrogen-bond acceptors (Lipinski definition) is 5. The van der Waals surface area contributed by atoms with Crippen LogP contribution in [0.2, 0.25) is 5.02 Å². The lowest BCUT2D eigenvalue weighted by molar-refractivity contribution is -0.117. The van der Waals surface area contributed by atoms with Gasteiger partial charge in [-0.3, -0.25) is 4.79 Å². The van der Waals surface area contributed by atoms with E-state index in [4.69, 9.17) is 21.5 Å². The molecule has 2 aromatic carbocycles. The number of halogens is 1. The van der Waals surface area contributed by atoms with E-state index in [0.29, 0.717) is 35.3 Å². The fourth-order valence-corrected chi connectivity index (χ4v) is 4.20. The van der Waals surface area contributed by atoms with Crippen LogP contribution in [-0.2, 0) is 14.8 Å². The zero-order valence-electron chi connectivity index (χ0n) is 16.7. The standard InChI is InChI=1S/C22H20ClN3O4S/c1-14-3-2-10-25-22(14)30-20-11-15(4-9-19(20)23)16-12-21(27)26(13-16)17-5-7-18(8-6-17)31(24,28)29/h2-11,16H,12-13H2,1H3,(H2,24,28,29)/t16-/m0/s1. The maximum atomic E-state index is 12.6. The number of carbonyl (C=O) groups is 1. The summed E-state index contributed by atoms with van der Waals surface area (Å²) in [5.41, 5.74) is 2.42. The molecular weight excluding hydrogens is 438 g/mol. The van der Waals surface area contributed by atoms with Gasteiger partial charge in [-0.25, -0.2) is 18.5 Å². The van der Waals surface area contributed by atoms with E-state index in [1.165, 1.54) is 12.1 Å². The van der Waals surface area contributed by atoms with E-state index in [2.05, 4.69) is 4.98 Å². The van der Waals surface area contributed by atoms with Crippen molar-refractivity contribution in [1.82, 2.24) is 4.98 Å². The fourth-order valence-electron chi connectivity index (χ4n) is 3.53. The second-order valence-electron chi connectivity index (χ2n) is 7.36. The topological polar surface area (TPSA) is 103 Å². The number of nitrogens with zero attached hydrogens (tertiary/aromatic N) is 2. The number of benzene rings is 2. The Morgan fingerprint density at radius 1 is 1.16 bits per heavy atom. The molecule has 0 unspecified atom stereocenters. The van der Waals surface area contributed by atoms with Crippen LogP contribution < -0.4 is 14.8 Å². The third kappa shape index (κ3) is 4.56. The molecule has 1 amide bonds. The average Bonchev–Trinajstić information content (AvgIpc) is 3.12. The quantitative estimate of drug-likeness (QED) is 0.623. The van der Waals surface area contributed by atoms with Crippen LogP contribution in [0.15, 0.2) is 65.7 Å². The van der Waals surface area contributed by atoms with Gasteiger partial charge in [0.2, 0.25) is 21.8 Å². The maximum Gasteiger partial charge on any atom is 0.238 e. The van der Waals surface area contributed by atoms with Gasteiger partial charge in [-0.1, -0.05) is 23.7 Å². The largest absolute Gasteiger partial charge is 0.437 e. The van der Waals surface area contributed by atoms with Crippen molar-refractivity contribution in [3.8, 4) is 11.6 Å². The van der Waals surface area contributed by atoms with Gasteiger partial charge in [-0.2, -0.15) is 0 Å². The molecule has 9 heteroatoms. The smallest absolute Gasteiger partial charge is 0.238 e. The minimum Gasteiger partial charge on any atom is -0.437 e. The lowest BCUT2D eigenvalue weighted by Crippen LogP contribution is -2.24. The molecule has 0 radical (unpaired) electrons. The van der Waals surface area contributed by atoms with Gasteiger partial charge in [-0.05, 0) is 55.0 Å². The highest BCUT2D eigenvalue weighted by molar-refractivity contribution is 7.89. The minimum absolute atomic E-state index is 0.00347. The number of pyridine rings is 1. The Labute approximate surface area is 185 Å². The minimum atomic E-state index is -3.78. The van der Waals surface area contributed by atoms with E-state index in [-0.39, 0.29) is 16.7 Å². The highest BCUT2D eigenvalue weighted by atomic mass is 35.5. The third-order valence-corrected chi connectivity index (χ3v) is 6.44. The fraction of sp³-hybridized carbons (Fsp3) is 0.182. The van der Waals surface area contributed by atoms with E-state index in [0.717, 1.165) is 11.1 Å². The highest BCUT2D eigenvalue weighted by Gasteiger charge is 2.32. The van der Waals surface area contributed by atoms with E-state index in [1.807, 2.05) is 31.2 Å². The molecule has 7 nitrogen and oxygen atoms in total. The second-order valence-corrected chi connectivity index (χ2v) is 9.33. The van der Waals surface area contributed by atoms with Gasteiger partial charge in [0, 0.05) is 36.3 Å². The number of hydrogen-bond donors (Lipinski definition) is 1. The number of aryl methyl sites for hydroxylation is 1. The molecule has 3 aromatic rings. The molecule has 0 spiro atoms. The molecule has 31 heavy (non-hydrogen) atoms. The number of anilines is 1. The van der Waals surface area contributed by atoms with E-state index in [1.54, 1.807) is 29.3 Å². The maximum absolute atomic E-state index is 12.6. The number of sulfonamides is 1.